The number of rotatable bonds is 3. The van der Waals surface area contributed by atoms with E-state index in [1.54, 1.807) is 0 Å². The first-order valence-electron chi connectivity index (χ1n) is 3.30. The zero-order chi connectivity index (χ0) is 6.69. The maximum atomic E-state index is 10.6. The summed E-state index contributed by atoms with van der Waals surface area (Å²) in [5, 5.41) is 0. The van der Waals surface area contributed by atoms with Crippen molar-refractivity contribution < 1.29 is 9.53 Å². The van der Waals surface area contributed by atoms with E-state index < -0.39 is 0 Å². The first kappa shape index (κ1) is 6.59. The van der Waals surface area contributed by atoms with Gasteiger partial charge in [0.1, 0.15) is 6.10 Å². The van der Waals surface area contributed by atoms with E-state index in [1.165, 1.54) is 0 Å². The fraction of sp³-hybridized carbons (Fsp3) is 0.714. The van der Waals surface area contributed by atoms with E-state index in [4.69, 9.17) is 4.74 Å². The van der Waals surface area contributed by atoms with E-state index in [1.807, 2.05) is 13.3 Å². The molecule has 1 aliphatic rings. The number of hydrogen-bond acceptors (Lipinski definition) is 2. The van der Waals surface area contributed by atoms with Crippen molar-refractivity contribution >= 4 is 5.97 Å². The number of ether oxygens (including phenoxy) is 1. The zero-order valence-electron chi connectivity index (χ0n) is 5.59. The largest absolute Gasteiger partial charge is 0.462 e. The van der Waals surface area contributed by atoms with Gasteiger partial charge in [0.25, 0.3) is 0 Å². The van der Waals surface area contributed by atoms with E-state index >= 15 is 0 Å². The molecule has 0 aromatic carbocycles. The second-order valence-corrected chi connectivity index (χ2v) is 2.30. The maximum Gasteiger partial charge on any atom is 0.306 e. The normalized spacial score (nSPS) is 17.4. The Hall–Kier alpha value is -0.530. The minimum Gasteiger partial charge on any atom is -0.462 e. The Labute approximate surface area is 55.2 Å². The first-order chi connectivity index (χ1) is 4.33. The molecule has 0 amide bonds. The third-order valence-corrected chi connectivity index (χ3v) is 1.19. The topological polar surface area (TPSA) is 26.3 Å². The molecule has 1 rings (SSSR count). The highest BCUT2D eigenvalue weighted by atomic mass is 16.5. The van der Waals surface area contributed by atoms with Gasteiger partial charge in [-0.25, -0.2) is 0 Å². The van der Waals surface area contributed by atoms with Crippen molar-refractivity contribution in [2.45, 2.75) is 32.3 Å². The fourth-order valence-electron chi connectivity index (χ4n) is 0.587. The number of hydrogen-bond donors (Lipinski definition) is 0. The molecular formula is C7H11O2. The fourth-order valence-corrected chi connectivity index (χ4v) is 0.587. The molecule has 0 spiro atoms. The minimum absolute atomic E-state index is 0.0833. The summed E-state index contributed by atoms with van der Waals surface area (Å²) < 4.78 is 4.93. The van der Waals surface area contributed by atoms with Crippen LogP contribution >= 0.6 is 0 Å². The molecule has 0 atom stereocenters. The van der Waals surface area contributed by atoms with Gasteiger partial charge >= 0.3 is 5.97 Å². The molecule has 2 nitrogen and oxygen atoms in total. The minimum atomic E-state index is -0.0833. The van der Waals surface area contributed by atoms with Gasteiger partial charge in [0, 0.05) is 6.42 Å². The van der Waals surface area contributed by atoms with Crippen LogP contribution in [0, 0.1) is 6.42 Å². The second-order valence-electron chi connectivity index (χ2n) is 2.30. The van der Waals surface area contributed by atoms with Gasteiger partial charge in [-0.2, -0.15) is 0 Å². The summed E-state index contributed by atoms with van der Waals surface area (Å²) in [6.07, 6.45) is 4.66. The lowest BCUT2D eigenvalue weighted by molar-refractivity contribution is -0.144. The van der Waals surface area contributed by atoms with Gasteiger partial charge in [-0.1, -0.05) is 6.92 Å². The van der Waals surface area contributed by atoms with Crippen molar-refractivity contribution in [3.05, 3.63) is 6.42 Å². The SMILES string of the molecule is C[CH]CC(=O)OC1CC1. The van der Waals surface area contributed by atoms with Crippen molar-refractivity contribution in [1.82, 2.24) is 0 Å². The lowest BCUT2D eigenvalue weighted by Gasteiger charge is -1.98. The number of carbonyl (C=O) groups excluding carboxylic acids is 1. The van der Waals surface area contributed by atoms with Crippen LogP contribution in [0.3, 0.4) is 0 Å². The predicted octanol–water partition coefficient (Wildman–Crippen LogP) is 1.31. The summed E-state index contributed by atoms with van der Waals surface area (Å²) in [6.45, 7) is 1.86. The molecule has 9 heavy (non-hydrogen) atoms. The van der Waals surface area contributed by atoms with Crippen LogP contribution in [-0.4, -0.2) is 12.1 Å². The van der Waals surface area contributed by atoms with Crippen molar-refractivity contribution in [2.24, 2.45) is 0 Å². The summed E-state index contributed by atoms with van der Waals surface area (Å²) in [4.78, 5) is 10.6. The third-order valence-electron chi connectivity index (χ3n) is 1.19. The van der Waals surface area contributed by atoms with Gasteiger partial charge in [0.2, 0.25) is 0 Å². The van der Waals surface area contributed by atoms with E-state index in [0.717, 1.165) is 12.8 Å². The molecule has 1 aliphatic carbocycles. The molecule has 0 bridgehead atoms. The third kappa shape index (κ3) is 2.49. The molecule has 0 unspecified atom stereocenters. The summed E-state index contributed by atoms with van der Waals surface area (Å²) in [5.41, 5.74) is 0. The summed E-state index contributed by atoms with van der Waals surface area (Å²) >= 11 is 0. The molecule has 1 radical (unpaired) electrons. The van der Waals surface area contributed by atoms with Crippen LogP contribution < -0.4 is 0 Å². The van der Waals surface area contributed by atoms with Gasteiger partial charge in [0.05, 0.1) is 0 Å². The maximum absolute atomic E-state index is 10.6. The highest BCUT2D eigenvalue weighted by Gasteiger charge is 2.25. The van der Waals surface area contributed by atoms with E-state index in [2.05, 4.69) is 0 Å². The van der Waals surface area contributed by atoms with Crippen LogP contribution in [0.2, 0.25) is 0 Å². The molecule has 1 saturated carbocycles. The van der Waals surface area contributed by atoms with Crippen LogP contribution in [0.1, 0.15) is 26.2 Å². The van der Waals surface area contributed by atoms with Crippen molar-refractivity contribution in [3.63, 3.8) is 0 Å². The van der Waals surface area contributed by atoms with Crippen molar-refractivity contribution in [2.75, 3.05) is 0 Å². The average molecular weight is 127 g/mol. The average Bonchev–Trinajstić information content (AvgIpc) is 2.50. The Bertz CT molecular complexity index is 105. The Kier molecular flexibility index (Phi) is 2.09. The van der Waals surface area contributed by atoms with Gasteiger partial charge in [-0.15, -0.1) is 0 Å². The number of carbonyl (C=O) groups is 1. The van der Waals surface area contributed by atoms with Crippen LogP contribution in [0.4, 0.5) is 0 Å². The number of esters is 1. The molecule has 1 fully saturated rings. The Morgan fingerprint density at radius 3 is 2.89 bits per heavy atom. The van der Waals surface area contributed by atoms with Gasteiger partial charge in [0.15, 0.2) is 0 Å². The lowest BCUT2D eigenvalue weighted by atomic mass is 10.3. The molecule has 2 heteroatoms. The van der Waals surface area contributed by atoms with Crippen LogP contribution in [-0.2, 0) is 9.53 Å². The Morgan fingerprint density at radius 1 is 1.78 bits per heavy atom. The van der Waals surface area contributed by atoms with Gasteiger partial charge < -0.3 is 4.74 Å². The van der Waals surface area contributed by atoms with E-state index in [0.29, 0.717) is 6.42 Å². The van der Waals surface area contributed by atoms with Gasteiger partial charge in [-0.3, -0.25) is 4.79 Å². The molecular weight excluding hydrogens is 116 g/mol. The lowest BCUT2D eigenvalue weighted by Crippen LogP contribution is -2.04. The van der Waals surface area contributed by atoms with Crippen LogP contribution in [0.15, 0.2) is 0 Å². The highest BCUT2D eigenvalue weighted by molar-refractivity contribution is 5.70. The molecule has 51 valence electrons. The predicted molar refractivity (Wildman–Crippen MR) is 33.7 cm³/mol. The smallest absolute Gasteiger partial charge is 0.306 e. The molecule has 0 aromatic heterocycles. The standard InChI is InChI=1S/C7H11O2/c1-2-3-7(8)9-6-4-5-6/h2,6H,3-5H2,1H3. The Balaban J connectivity index is 2.02. The molecule has 0 aliphatic heterocycles. The summed E-state index contributed by atoms with van der Waals surface area (Å²) in [6, 6.07) is 0. The summed E-state index contributed by atoms with van der Waals surface area (Å²) in [7, 11) is 0. The summed E-state index contributed by atoms with van der Waals surface area (Å²) in [5.74, 6) is -0.0833. The van der Waals surface area contributed by atoms with Crippen LogP contribution in [0.5, 0.6) is 0 Å². The molecule has 0 N–H and O–H groups in total. The van der Waals surface area contributed by atoms with Crippen molar-refractivity contribution in [3.8, 4) is 0 Å². The van der Waals surface area contributed by atoms with Gasteiger partial charge in [-0.05, 0) is 19.3 Å². The van der Waals surface area contributed by atoms with Crippen LogP contribution in [0.25, 0.3) is 0 Å². The Morgan fingerprint density at radius 2 is 2.44 bits per heavy atom. The molecule has 0 aromatic rings. The molecule has 0 saturated heterocycles. The first-order valence-corrected chi connectivity index (χ1v) is 3.30. The monoisotopic (exact) mass is 127 g/mol. The second kappa shape index (κ2) is 2.85. The highest BCUT2D eigenvalue weighted by Crippen LogP contribution is 2.23. The van der Waals surface area contributed by atoms with E-state index in [9.17, 15) is 4.79 Å². The van der Waals surface area contributed by atoms with E-state index in [-0.39, 0.29) is 12.1 Å². The van der Waals surface area contributed by atoms with Crippen molar-refractivity contribution in [1.29, 1.82) is 0 Å². The zero-order valence-corrected chi connectivity index (χ0v) is 5.59. The molecule has 0 heterocycles. The quantitative estimate of drug-likeness (QED) is 0.534.